The summed E-state index contributed by atoms with van der Waals surface area (Å²) < 4.78 is 28.8. The first-order valence-corrected chi connectivity index (χ1v) is 14.8. The molecule has 0 aliphatic rings. The third kappa shape index (κ3) is 7.75. The lowest BCUT2D eigenvalue weighted by molar-refractivity contribution is -0.139. The molecule has 0 aliphatic heterocycles. The minimum Gasteiger partial charge on any atom is -0.354 e. The van der Waals surface area contributed by atoms with Crippen LogP contribution in [0.25, 0.3) is 0 Å². The maximum atomic E-state index is 13.9. The molecule has 0 radical (unpaired) electrons. The van der Waals surface area contributed by atoms with Crippen LogP contribution in [0.15, 0.2) is 71.6 Å². The zero-order valence-corrected chi connectivity index (χ0v) is 24.8. The highest BCUT2D eigenvalue weighted by molar-refractivity contribution is 7.92. The van der Waals surface area contributed by atoms with E-state index in [1.807, 2.05) is 26.8 Å². The average Bonchev–Trinajstić information content (AvgIpc) is 2.90. The fourth-order valence-electron chi connectivity index (χ4n) is 3.96. The Labute approximate surface area is 240 Å². The van der Waals surface area contributed by atoms with Crippen LogP contribution < -0.4 is 9.62 Å². The molecule has 0 unspecified atom stereocenters. The lowest BCUT2D eigenvalue weighted by Crippen LogP contribution is -2.51. The molecule has 7 nitrogen and oxygen atoms in total. The zero-order valence-electron chi connectivity index (χ0n) is 22.4. The third-order valence-electron chi connectivity index (χ3n) is 6.23. The number of rotatable bonds is 11. The Bertz CT molecular complexity index is 1430. The van der Waals surface area contributed by atoms with Gasteiger partial charge in [0.15, 0.2) is 0 Å². The van der Waals surface area contributed by atoms with Crippen molar-refractivity contribution in [1.29, 1.82) is 0 Å². The number of anilines is 1. The highest BCUT2D eigenvalue weighted by Crippen LogP contribution is 2.27. The molecule has 2 amide bonds. The fourth-order valence-corrected chi connectivity index (χ4v) is 5.69. The maximum absolute atomic E-state index is 13.9. The fraction of sp³-hybridized carbons (Fsp3) is 0.310. The van der Waals surface area contributed by atoms with Gasteiger partial charge >= 0.3 is 0 Å². The first-order chi connectivity index (χ1) is 18.4. The number of nitrogens with one attached hydrogen (secondary N) is 1. The number of amides is 2. The van der Waals surface area contributed by atoms with E-state index in [1.54, 1.807) is 55.5 Å². The molecular formula is C29H33Cl2N3O4S. The van der Waals surface area contributed by atoms with E-state index in [0.717, 1.165) is 21.9 Å². The molecule has 0 heterocycles. The molecule has 1 N–H and O–H groups in total. The van der Waals surface area contributed by atoms with E-state index >= 15 is 0 Å². The number of benzene rings is 3. The van der Waals surface area contributed by atoms with Crippen molar-refractivity contribution in [2.45, 2.75) is 51.6 Å². The van der Waals surface area contributed by atoms with Crippen LogP contribution in [0.3, 0.4) is 0 Å². The molecule has 0 bridgehead atoms. The van der Waals surface area contributed by atoms with Crippen LogP contribution in [-0.4, -0.2) is 44.3 Å². The van der Waals surface area contributed by atoms with Crippen molar-refractivity contribution >= 4 is 50.7 Å². The van der Waals surface area contributed by atoms with Gasteiger partial charge in [0.05, 0.1) is 20.6 Å². The monoisotopic (exact) mass is 589 g/mol. The molecule has 208 valence electrons. The molecule has 3 aromatic rings. The van der Waals surface area contributed by atoms with Gasteiger partial charge in [0.25, 0.3) is 10.0 Å². The Balaban J connectivity index is 2.03. The summed E-state index contributed by atoms with van der Waals surface area (Å²) in [4.78, 5) is 28.2. The number of carbonyl (C=O) groups excluding carboxylic acids is 2. The van der Waals surface area contributed by atoms with Crippen molar-refractivity contribution in [2.24, 2.45) is 0 Å². The molecule has 1 atom stereocenters. The van der Waals surface area contributed by atoms with Gasteiger partial charge in [-0.1, -0.05) is 66.0 Å². The van der Waals surface area contributed by atoms with Gasteiger partial charge in [-0.05, 0) is 74.7 Å². The van der Waals surface area contributed by atoms with Crippen LogP contribution in [0, 0.1) is 13.8 Å². The van der Waals surface area contributed by atoms with E-state index in [4.69, 9.17) is 23.2 Å². The summed E-state index contributed by atoms with van der Waals surface area (Å²) in [7, 11) is -4.11. The van der Waals surface area contributed by atoms with Crippen molar-refractivity contribution in [3.8, 4) is 0 Å². The quantitative estimate of drug-likeness (QED) is 0.308. The largest absolute Gasteiger partial charge is 0.354 e. The summed E-state index contributed by atoms with van der Waals surface area (Å²) in [5.74, 6) is -0.883. The van der Waals surface area contributed by atoms with Gasteiger partial charge in [-0.2, -0.15) is 0 Å². The summed E-state index contributed by atoms with van der Waals surface area (Å²) in [5, 5.41) is 3.49. The van der Waals surface area contributed by atoms with Gasteiger partial charge in [-0.25, -0.2) is 8.42 Å². The van der Waals surface area contributed by atoms with Crippen LogP contribution in [0.2, 0.25) is 10.0 Å². The van der Waals surface area contributed by atoms with Crippen LogP contribution in [-0.2, 0) is 26.2 Å². The summed E-state index contributed by atoms with van der Waals surface area (Å²) in [5.41, 5.74) is 2.74. The second kappa shape index (κ2) is 13.3. The normalized spacial score (nSPS) is 12.1. The maximum Gasteiger partial charge on any atom is 0.264 e. The third-order valence-corrected chi connectivity index (χ3v) is 8.76. The van der Waals surface area contributed by atoms with Gasteiger partial charge < -0.3 is 10.2 Å². The molecule has 3 aromatic carbocycles. The number of nitrogens with zero attached hydrogens (tertiary/aromatic N) is 2. The predicted molar refractivity (Wildman–Crippen MR) is 157 cm³/mol. The predicted octanol–water partition coefficient (Wildman–Crippen LogP) is 5.75. The SMILES string of the molecule is CCCNC(=O)[C@H](C)N(Cc1ccc(Cl)c(Cl)c1)C(=O)CN(c1cccc(C)c1)S(=O)(=O)c1ccc(C)cc1. The standard InChI is InChI=1S/C29H33Cl2N3O4S/c1-5-15-32-29(36)22(4)33(18-23-11-14-26(30)27(31)17-23)28(35)19-34(24-8-6-7-21(3)16-24)39(37,38)25-12-9-20(2)10-13-25/h6-14,16-17,22H,5,15,18-19H2,1-4H3,(H,32,36)/t22-/m0/s1. The van der Waals surface area contributed by atoms with Crippen LogP contribution in [0.4, 0.5) is 5.69 Å². The molecule has 0 saturated heterocycles. The molecule has 0 aromatic heterocycles. The van der Waals surface area contributed by atoms with Gasteiger partial charge in [0, 0.05) is 13.1 Å². The Morgan fingerprint density at radius 1 is 0.923 bits per heavy atom. The highest BCUT2D eigenvalue weighted by Gasteiger charge is 2.32. The first-order valence-electron chi connectivity index (χ1n) is 12.6. The van der Waals surface area contributed by atoms with Gasteiger partial charge in [0.1, 0.15) is 12.6 Å². The molecule has 39 heavy (non-hydrogen) atoms. The van der Waals surface area contributed by atoms with Gasteiger partial charge in [-0.3, -0.25) is 13.9 Å². The lowest BCUT2D eigenvalue weighted by atomic mass is 10.1. The smallest absolute Gasteiger partial charge is 0.264 e. The first kappa shape index (κ1) is 30.5. The summed E-state index contributed by atoms with van der Waals surface area (Å²) in [6, 6.07) is 17.5. The summed E-state index contributed by atoms with van der Waals surface area (Å²) in [6.07, 6.45) is 0.731. The Hall–Kier alpha value is -3.07. The van der Waals surface area contributed by atoms with E-state index in [1.165, 1.54) is 17.0 Å². The molecule has 10 heteroatoms. The Morgan fingerprint density at radius 2 is 1.62 bits per heavy atom. The molecule has 0 fully saturated rings. The summed E-state index contributed by atoms with van der Waals surface area (Å²) in [6.45, 7) is 7.23. The molecule has 0 aliphatic carbocycles. The minimum atomic E-state index is -4.11. The van der Waals surface area contributed by atoms with E-state index in [0.29, 0.717) is 27.8 Å². The minimum absolute atomic E-state index is 0.0304. The number of carbonyl (C=O) groups is 2. The van der Waals surface area contributed by atoms with Crippen molar-refractivity contribution in [3.05, 3.63) is 93.5 Å². The molecule has 0 spiro atoms. The molecule has 3 rings (SSSR count). The Morgan fingerprint density at radius 3 is 2.23 bits per heavy atom. The summed E-state index contributed by atoms with van der Waals surface area (Å²) >= 11 is 12.3. The van der Waals surface area contributed by atoms with Gasteiger partial charge in [0.2, 0.25) is 11.8 Å². The van der Waals surface area contributed by atoms with E-state index in [9.17, 15) is 18.0 Å². The van der Waals surface area contributed by atoms with Crippen molar-refractivity contribution in [3.63, 3.8) is 0 Å². The van der Waals surface area contributed by atoms with Crippen molar-refractivity contribution in [1.82, 2.24) is 10.2 Å². The van der Waals surface area contributed by atoms with Crippen LogP contribution >= 0.6 is 23.2 Å². The average molecular weight is 591 g/mol. The molecule has 0 saturated carbocycles. The second-order valence-corrected chi connectivity index (χ2v) is 12.1. The zero-order chi connectivity index (χ0) is 28.7. The topological polar surface area (TPSA) is 86.8 Å². The van der Waals surface area contributed by atoms with E-state index in [-0.39, 0.29) is 17.3 Å². The number of aryl methyl sites for hydroxylation is 2. The van der Waals surface area contributed by atoms with Gasteiger partial charge in [-0.15, -0.1) is 0 Å². The van der Waals surface area contributed by atoms with Crippen LogP contribution in [0.5, 0.6) is 0 Å². The second-order valence-electron chi connectivity index (χ2n) is 9.40. The van der Waals surface area contributed by atoms with Crippen molar-refractivity contribution in [2.75, 3.05) is 17.4 Å². The molecular weight excluding hydrogens is 557 g/mol. The number of hydrogen-bond acceptors (Lipinski definition) is 4. The van der Waals surface area contributed by atoms with Crippen molar-refractivity contribution < 1.29 is 18.0 Å². The lowest BCUT2D eigenvalue weighted by Gasteiger charge is -2.32. The van der Waals surface area contributed by atoms with E-state index in [2.05, 4.69) is 5.32 Å². The van der Waals surface area contributed by atoms with Crippen LogP contribution in [0.1, 0.15) is 37.0 Å². The number of sulfonamides is 1. The Kier molecular flexibility index (Phi) is 10.4. The highest BCUT2D eigenvalue weighted by atomic mass is 35.5. The number of halogens is 2. The number of hydrogen-bond donors (Lipinski definition) is 1. The van der Waals surface area contributed by atoms with E-state index < -0.39 is 28.5 Å².